The summed E-state index contributed by atoms with van der Waals surface area (Å²) in [6.45, 7) is 8.82. The first kappa shape index (κ1) is 13.5. The lowest BCUT2D eigenvalue weighted by molar-refractivity contribution is 0.308. The van der Waals surface area contributed by atoms with Gasteiger partial charge in [0.05, 0.1) is 0 Å². The van der Waals surface area contributed by atoms with E-state index in [-0.39, 0.29) is 0 Å². The van der Waals surface area contributed by atoms with E-state index in [9.17, 15) is 0 Å². The third kappa shape index (κ3) is 3.10. The van der Waals surface area contributed by atoms with Crippen LogP contribution >= 0.6 is 0 Å². The Morgan fingerprint density at radius 1 is 1.50 bits per heavy atom. The van der Waals surface area contributed by atoms with Gasteiger partial charge in [-0.15, -0.1) is 0 Å². The first-order valence-corrected chi connectivity index (χ1v) is 7.27. The Morgan fingerprint density at radius 2 is 2.33 bits per heavy atom. The zero-order valence-electron chi connectivity index (χ0n) is 11.9. The molecule has 1 fully saturated rings. The quantitative estimate of drug-likeness (QED) is 0.843. The average Bonchev–Trinajstić information content (AvgIpc) is 2.94. The fourth-order valence-electron chi connectivity index (χ4n) is 3.08. The Kier molecular flexibility index (Phi) is 4.38. The van der Waals surface area contributed by atoms with Gasteiger partial charge in [0.25, 0.3) is 0 Å². The van der Waals surface area contributed by atoms with E-state index in [1.54, 1.807) is 6.33 Å². The fourth-order valence-corrected chi connectivity index (χ4v) is 3.08. The molecule has 0 spiro atoms. The molecule has 0 aromatic carbocycles. The molecule has 4 nitrogen and oxygen atoms in total. The largest absolute Gasteiger partial charge is 0.314 e. The summed E-state index contributed by atoms with van der Waals surface area (Å²) in [7, 11) is 0. The molecular formula is C14H26N4. The molecule has 1 N–H and O–H groups in total. The maximum atomic E-state index is 4.41. The van der Waals surface area contributed by atoms with Gasteiger partial charge in [-0.25, -0.2) is 4.98 Å². The molecule has 0 amide bonds. The standard InChI is InChI=1S/C14H26N4/c1-4-8-15-12-6-7-14(3,9-12)10-13-16-11-17-18(13)5-2/h11-12,15H,4-10H2,1-3H3. The van der Waals surface area contributed by atoms with Crippen LogP contribution in [0.3, 0.4) is 0 Å². The van der Waals surface area contributed by atoms with E-state index in [4.69, 9.17) is 0 Å². The summed E-state index contributed by atoms with van der Waals surface area (Å²) in [4.78, 5) is 4.41. The van der Waals surface area contributed by atoms with Gasteiger partial charge in [0.15, 0.2) is 0 Å². The lowest BCUT2D eigenvalue weighted by Gasteiger charge is -2.24. The molecule has 4 heteroatoms. The van der Waals surface area contributed by atoms with Gasteiger partial charge in [-0.3, -0.25) is 4.68 Å². The highest BCUT2D eigenvalue weighted by atomic mass is 15.3. The van der Waals surface area contributed by atoms with Gasteiger partial charge < -0.3 is 5.32 Å². The van der Waals surface area contributed by atoms with Crippen molar-refractivity contribution in [3.63, 3.8) is 0 Å². The highest BCUT2D eigenvalue weighted by molar-refractivity contribution is 4.98. The van der Waals surface area contributed by atoms with E-state index in [1.807, 2.05) is 4.68 Å². The molecule has 2 atom stereocenters. The minimum atomic E-state index is 0.394. The monoisotopic (exact) mass is 250 g/mol. The van der Waals surface area contributed by atoms with Crippen LogP contribution in [-0.4, -0.2) is 27.4 Å². The van der Waals surface area contributed by atoms with Crippen molar-refractivity contribution < 1.29 is 0 Å². The number of nitrogens with zero attached hydrogens (tertiary/aromatic N) is 3. The van der Waals surface area contributed by atoms with E-state index >= 15 is 0 Å². The maximum absolute atomic E-state index is 4.41. The van der Waals surface area contributed by atoms with Gasteiger partial charge in [-0.05, 0) is 44.6 Å². The molecule has 0 aliphatic heterocycles. The van der Waals surface area contributed by atoms with Gasteiger partial charge in [-0.1, -0.05) is 13.8 Å². The minimum Gasteiger partial charge on any atom is -0.314 e. The maximum Gasteiger partial charge on any atom is 0.138 e. The first-order valence-electron chi connectivity index (χ1n) is 7.27. The van der Waals surface area contributed by atoms with Gasteiger partial charge in [-0.2, -0.15) is 5.10 Å². The van der Waals surface area contributed by atoms with Crippen molar-refractivity contribution >= 4 is 0 Å². The van der Waals surface area contributed by atoms with Gasteiger partial charge >= 0.3 is 0 Å². The average molecular weight is 250 g/mol. The second-order valence-corrected chi connectivity index (χ2v) is 5.87. The lowest BCUT2D eigenvalue weighted by atomic mass is 9.84. The lowest BCUT2D eigenvalue weighted by Crippen LogP contribution is -2.29. The Morgan fingerprint density at radius 3 is 3.06 bits per heavy atom. The number of aryl methyl sites for hydroxylation is 1. The number of rotatable bonds is 6. The summed E-state index contributed by atoms with van der Waals surface area (Å²) in [5.74, 6) is 1.15. The smallest absolute Gasteiger partial charge is 0.138 e. The SMILES string of the molecule is CCCNC1CCC(C)(Cc2ncnn2CC)C1. The van der Waals surface area contributed by atoms with E-state index in [0.29, 0.717) is 11.5 Å². The van der Waals surface area contributed by atoms with E-state index in [0.717, 1.165) is 25.3 Å². The molecule has 18 heavy (non-hydrogen) atoms. The second kappa shape index (κ2) is 5.83. The molecule has 0 bridgehead atoms. The predicted octanol–water partition coefficient (Wildman–Crippen LogP) is 2.40. The summed E-state index contributed by atoms with van der Waals surface area (Å²) in [5, 5.41) is 7.92. The third-order valence-electron chi connectivity index (χ3n) is 4.10. The predicted molar refractivity (Wildman–Crippen MR) is 73.4 cm³/mol. The molecule has 1 aliphatic carbocycles. The number of aromatic nitrogens is 3. The van der Waals surface area contributed by atoms with Gasteiger partial charge in [0.2, 0.25) is 0 Å². The van der Waals surface area contributed by atoms with Gasteiger partial charge in [0, 0.05) is 19.0 Å². The van der Waals surface area contributed by atoms with Crippen molar-refractivity contribution in [2.45, 2.75) is 65.5 Å². The van der Waals surface area contributed by atoms with Crippen LogP contribution < -0.4 is 5.32 Å². The van der Waals surface area contributed by atoms with Crippen molar-refractivity contribution in [1.29, 1.82) is 0 Å². The second-order valence-electron chi connectivity index (χ2n) is 5.87. The minimum absolute atomic E-state index is 0.394. The molecule has 1 aliphatic rings. The van der Waals surface area contributed by atoms with Crippen molar-refractivity contribution in [1.82, 2.24) is 20.1 Å². The van der Waals surface area contributed by atoms with Crippen molar-refractivity contribution in [3.05, 3.63) is 12.2 Å². The Labute approximate surface area is 110 Å². The molecule has 1 saturated carbocycles. The van der Waals surface area contributed by atoms with E-state index in [1.165, 1.54) is 25.7 Å². The Bertz CT molecular complexity index is 374. The number of hydrogen-bond acceptors (Lipinski definition) is 3. The highest BCUT2D eigenvalue weighted by Crippen LogP contribution is 2.40. The van der Waals surface area contributed by atoms with Crippen molar-refractivity contribution in [3.8, 4) is 0 Å². The molecular weight excluding hydrogens is 224 g/mol. The molecule has 2 rings (SSSR count). The summed E-state index contributed by atoms with van der Waals surface area (Å²) in [6.07, 6.45) is 7.83. The van der Waals surface area contributed by atoms with Crippen LogP contribution in [0, 0.1) is 5.41 Å². The van der Waals surface area contributed by atoms with Crippen LogP contribution in [0.4, 0.5) is 0 Å². The van der Waals surface area contributed by atoms with Crippen LogP contribution in [0.25, 0.3) is 0 Å². The zero-order valence-corrected chi connectivity index (χ0v) is 11.9. The summed E-state index contributed by atoms with van der Waals surface area (Å²) >= 11 is 0. The normalized spacial score (nSPS) is 27.8. The molecule has 1 aromatic rings. The Balaban J connectivity index is 1.93. The van der Waals surface area contributed by atoms with Crippen LogP contribution in [0.5, 0.6) is 0 Å². The molecule has 0 radical (unpaired) electrons. The summed E-state index contributed by atoms with van der Waals surface area (Å²) in [5.41, 5.74) is 0.394. The van der Waals surface area contributed by atoms with E-state index in [2.05, 4.69) is 36.2 Å². The number of nitrogens with one attached hydrogen (secondary N) is 1. The van der Waals surface area contributed by atoms with Crippen molar-refractivity contribution in [2.24, 2.45) is 5.41 Å². The van der Waals surface area contributed by atoms with Crippen LogP contribution in [0.1, 0.15) is 52.3 Å². The van der Waals surface area contributed by atoms with Gasteiger partial charge in [0.1, 0.15) is 12.2 Å². The third-order valence-corrected chi connectivity index (χ3v) is 4.10. The van der Waals surface area contributed by atoms with Crippen LogP contribution in [0.2, 0.25) is 0 Å². The first-order chi connectivity index (χ1) is 8.67. The summed E-state index contributed by atoms with van der Waals surface area (Å²) in [6, 6.07) is 0.702. The van der Waals surface area contributed by atoms with Crippen LogP contribution in [-0.2, 0) is 13.0 Å². The fraction of sp³-hybridized carbons (Fsp3) is 0.857. The molecule has 1 heterocycles. The molecule has 0 saturated heterocycles. The molecule has 102 valence electrons. The zero-order chi connectivity index (χ0) is 13.0. The number of hydrogen-bond donors (Lipinski definition) is 1. The van der Waals surface area contributed by atoms with Crippen LogP contribution in [0.15, 0.2) is 6.33 Å². The summed E-state index contributed by atoms with van der Waals surface area (Å²) < 4.78 is 2.03. The van der Waals surface area contributed by atoms with Crippen molar-refractivity contribution in [2.75, 3.05) is 6.54 Å². The molecule has 2 unspecified atom stereocenters. The Hall–Kier alpha value is -0.900. The molecule has 1 aromatic heterocycles. The highest BCUT2D eigenvalue weighted by Gasteiger charge is 2.35. The topological polar surface area (TPSA) is 42.7 Å². The van der Waals surface area contributed by atoms with E-state index < -0.39 is 0 Å².